The summed E-state index contributed by atoms with van der Waals surface area (Å²) in [5.74, 6) is -0.407. The van der Waals surface area contributed by atoms with E-state index in [1.807, 2.05) is 70.2 Å². The van der Waals surface area contributed by atoms with Crippen molar-refractivity contribution in [2.45, 2.75) is 66.1 Å². The second kappa shape index (κ2) is 12.0. The number of hydrogen-bond acceptors (Lipinski definition) is 4. The lowest BCUT2D eigenvalue weighted by atomic mass is 10.1. The molecule has 0 aromatic heterocycles. The van der Waals surface area contributed by atoms with Crippen molar-refractivity contribution in [1.29, 1.82) is 0 Å². The number of aryl methyl sites for hydroxylation is 2. The summed E-state index contributed by atoms with van der Waals surface area (Å²) in [5.41, 5.74) is 3.59. The third kappa shape index (κ3) is 7.87. The van der Waals surface area contributed by atoms with Crippen LogP contribution in [0.4, 0.5) is 5.69 Å². The number of nitrogens with one attached hydrogen (secondary N) is 1. The van der Waals surface area contributed by atoms with Crippen LogP contribution in [0.5, 0.6) is 0 Å². The predicted molar refractivity (Wildman–Crippen MR) is 137 cm³/mol. The highest BCUT2D eigenvalue weighted by Crippen LogP contribution is 2.22. The summed E-state index contributed by atoms with van der Waals surface area (Å²) in [6.45, 7) is 9.87. The highest BCUT2D eigenvalue weighted by molar-refractivity contribution is 7.92. The molecule has 2 amide bonds. The van der Waals surface area contributed by atoms with Gasteiger partial charge < -0.3 is 10.2 Å². The third-order valence-corrected chi connectivity index (χ3v) is 6.92. The average molecular weight is 488 g/mol. The summed E-state index contributed by atoms with van der Waals surface area (Å²) < 4.78 is 26.2. The van der Waals surface area contributed by atoms with Crippen molar-refractivity contribution in [2.24, 2.45) is 0 Å². The van der Waals surface area contributed by atoms with Crippen LogP contribution in [0.2, 0.25) is 0 Å². The van der Waals surface area contributed by atoms with E-state index in [4.69, 9.17) is 0 Å². The molecule has 0 spiro atoms. The molecular formula is C26H37N3O4S. The number of hydrogen-bond donors (Lipinski definition) is 1. The molecule has 0 aliphatic carbocycles. The summed E-state index contributed by atoms with van der Waals surface area (Å²) in [4.78, 5) is 27.4. The summed E-state index contributed by atoms with van der Waals surface area (Å²) in [7, 11) is -3.51. The van der Waals surface area contributed by atoms with E-state index in [-0.39, 0.29) is 30.8 Å². The molecule has 2 rings (SSSR count). The maximum Gasteiger partial charge on any atom is 0.242 e. The summed E-state index contributed by atoms with van der Waals surface area (Å²) in [6.07, 6.45) is 1.63. The Balaban J connectivity index is 2.16. The Morgan fingerprint density at radius 3 is 2.18 bits per heavy atom. The second-order valence-corrected chi connectivity index (χ2v) is 11.0. The Labute approximate surface area is 204 Å². The van der Waals surface area contributed by atoms with Gasteiger partial charge in [0.05, 0.1) is 11.9 Å². The molecule has 1 N–H and O–H groups in total. The van der Waals surface area contributed by atoms with Gasteiger partial charge in [-0.25, -0.2) is 8.42 Å². The van der Waals surface area contributed by atoms with Crippen LogP contribution in [0.3, 0.4) is 0 Å². The van der Waals surface area contributed by atoms with Gasteiger partial charge in [0.2, 0.25) is 21.8 Å². The first kappa shape index (κ1) is 27.4. The van der Waals surface area contributed by atoms with E-state index < -0.39 is 16.1 Å². The minimum absolute atomic E-state index is 0.0371. The molecule has 0 saturated heterocycles. The summed E-state index contributed by atoms with van der Waals surface area (Å²) in [6, 6.07) is 14.3. The first-order valence-electron chi connectivity index (χ1n) is 11.6. The van der Waals surface area contributed by atoms with Crippen molar-refractivity contribution >= 4 is 27.5 Å². The third-order valence-electron chi connectivity index (χ3n) is 5.72. The number of rotatable bonds is 11. The Hall–Kier alpha value is -2.87. The van der Waals surface area contributed by atoms with Gasteiger partial charge in [-0.3, -0.25) is 13.9 Å². The Bertz CT molecular complexity index is 1080. The molecule has 7 nitrogen and oxygen atoms in total. The fourth-order valence-electron chi connectivity index (χ4n) is 3.65. The van der Waals surface area contributed by atoms with Gasteiger partial charge in [0.1, 0.15) is 6.04 Å². The fraction of sp³-hybridized carbons (Fsp3) is 0.462. The van der Waals surface area contributed by atoms with E-state index in [0.29, 0.717) is 18.7 Å². The molecule has 1 unspecified atom stereocenters. The molecule has 34 heavy (non-hydrogen) atoms. The number of sulfonamides is 1. The van der Waals surface area contributed by atoms with Crippen molar-refractivity contribution in [1.82, 2.24) is 10.2 Å². The van der Waals surface area contributed by atoms with Crippen LogP contribution in [0.15, 0.2) is 48.5 Å². The molecule has 186 valence electrons. The molecule has 0 saturated carbocycles. The molecule has 0 aliphatic rings. The monoisotopic (exact) mass is 487 g/mol. The smallest absolute Gasteiger partial charge is 0.242 e. The number of carbonyl (C=O) groups is 2. The largest absolute Gasteiger partial charge is 0.352 e. The van der Waals surface area contributed by atoms with Crippen LogP contribution in [-0.4, -0.2) is 50.0 Å². The van der Waals surface area contributed by atoms with E-state index in [1.165, 1.54) is 10.6 Å². The summed E-state index contributed by atoms with van der Waals surface area (Å²) in [5, 5.41) is 2.87. The molecule has 0 aliphatic heterocycles. The molecule has 2 aromatic rings. The zero-order valence-electron chi connectivity index (χ0n) is 21.0. The molecule has 8 heteroatoms. The Kier molecular flexibility index (Phi) is 9.67. The van der Waals surface area contributed by atoms with E-state index in [0.717, 1.165) is 16.7 Å². The van der Waals surface area contributed by atoms with E-state index in [2.05, 4.69) is 5.32 Å². The van der Waals surface area contributed by atoms with Gasteiger partial charge in [0.15, 0.2) is 0 Å². The molecule has 0 heterocycles. The van der Waals surface area contributed by atoms with Crippen molar-refractivity contribution in [3.63, 3.8) is 0 Å². The lowest BCUT2D eigenvalue weighted by Crippen LogP contribution is -2.49. The van der Waals surface area contributed by atoms with Crippen LogP contribution in [0, 0.1) is 13.8 Å². The van der Waals surface area contributed by atoms with Crippen molar-refractivity contribution in [2.75, 3.05) is 17.1 Å². The zero-order chi connectivity index (χ0) is 25.5. The maximum atomic E-state index is 13.2. The Morgan fingerprint density at radius 1 is 0.971 bits per heavy atom. The number of benzene rings is 2. The predicted octanol–water partition coefficient (Wildman–Crippen LogP) is 3.79. The molecule has 1 atom stereocenters. The van der Waals surface area contributed by atoms with Crippen LogP contribution in [-0.2, 0) is 26.2 Å². The Morgan fingerprint density at radius 2 is 1.62 bits per heavy atom. The lowest BCUT2D eigenvalue weighted by Gasteiger charge is -2.30. The molecule has 0 bridgehead atoms. The average Bonchev–Trinajstić information content (AvgIpc) is 2.76. The highest BCUT2D eigenvalue weighted by Gasteiger charge is 2.27. The standard InChI is InChI=1S/C26H37N3O4S/c1-19(2)27-26(31)22(5)28(18-23-11-8-7-9-12-23)25(30)13-10-16-29(34(6,32)33)24-15-14-20(3)21(4)17-24/h7-9,11-12,14-15,17,19,22H,10,13,16,18H2,1-6H3,(H,27,31). The summed E-state index contributed by atoms with van der Waals surface area (Å²) >= 11 is 0. The molecule has 0 fully saturated rings. The number of amides is 2. The quantitative estimate of drug-likeness (QED) is 0.522. The zero-order valence-corrected chi connectivity index (χ0v) is 21.9. The van der Waals surface area contributed by atoms with Crippen LogP contribution >= 0.6 is 0 Å². The van der Waals surface area contributed by atoms with Gasteiger partial charge >= 0.3 is 0 Å². The maximum absolute atomic E-state index is 13.2. The lowest BCUT2D eigenvalue weighted by molar-refractivity contribution is -0.140. The van der Waals surface area contributed by atoms with Gasteiger partial charge in [-0.1, -0.05) is 36.4 Å². The van der Waals surface area contributed by atoms with Gasteiger partial charge in [0, 0.05) is 25.6 Å². The van der Waals surface area contributed by atoms with Gasteiger partial charge in [-0.2, -0.15) is 0 Å². The first-order chi connectivity index (χ1) is 15.9. The minimum atomic E-state index is -3.51. The highest BCUT2D eigenvalue weighted by atomic mass is 32.2. The first-order valence-corrected chi connectivity index (χ1v) is 13.4. The van der Waals surface area contributed by atoms with Gasteiger partial charge in [-0.05, 0) is 69.9 Å². The van der Waals surface area contributed by atoms with Gasteiger partial charge in [0.25, 0.3) is 0 Å². The van der Waals surface area contributed by atoms with E-state index >= 15 is 0 Å². The van der Waals surface area contributed by atoms with E-state index in [9.17, 15) is 18.0 Å². The molecule has 2 aromatic carbocycles. The van der Waals surface area contributed by atoms with Crippen LogP contribution in [0.25, 0.3) is 0 Å². The minimum Gasteiger partial charge on any atom is -0.352 e. The number of carbonyl (C=O) groups excluding carboxylic acids is 2. The SMILES string of the molecule is Cc1ccc(N(CCCC(=O)N(Cc2ccccc2)C(C)C(=O)NC(C)C)S(C)(=O)=O)cc1C. The normalized spacial score (nSPS) is 12.3. The van der Waals surface area contributed by atoms with Gasteiger partial charge in [-0.15, -0.1) is 0 Å². The van der Waals surface area contributed by atoms with E-state index in [1.54, 1.807) is 17.9 Å². The molecular weight excluding hydrogens is 450 g/mol. The van der Waals surface area contributed by atoms with Crippen LogP contribution in [0.1, 0.15) is 50.3 Å². The van der Waals surface area contributed by atoms with Crippen molar-refractivity contribution < 1.29 is 18.0 Å². The fourth-order valence-corrected chi connectivity index (χ4v) is 4.61. The second-order valence-electron chi connectivity index (χ2n) is 9.05. The topological polar surface area (TPSA) is 86.8 Å². The number of nitrogens with zero attached hydrogens (tertiary/aromatic N) is 2. The van der Waals surface area contributed by atoms with Crippen molar-refractivity contribution in [3.05, 3.63) is 65.2 Å². The van der Waals surface area contributed by atoms with Crippen LogP contribution < -0.4 is 9.62 Å². The molecule has 0 radical (unpaired) electrons. The number of anilines is 1. The van der Waals surface area contributed by atoms with Crippen molar-refractivity contribution in [3.8, 4) is 0 Å².